The van der Waals surface area contributed by atoms with Crippen molar-refractivity contribution in [3.05, 3.63) is 99.8 Å². The number of anilines is 1. The van der Waals surface area contributed by atoms with Gasteiger partial charge in [-0.05, 0) is 79.4 Å². The minimum absolute atomic E-state index is 0.123. The Bertz CT molecular complexity index is 1330. The van der Waals surface area contributed by atoms with Crippen molar-refractivity contribution in [1.29, 1.82) is 0 Å². The molecule has 6 heteroatoms. The van der Waals surface area contributed by atoms with Gasteiger partial charge in [0.25, 0.3) is 11.5 Å². The van der Waals surface area contributed by atoms with Gasteiger partial charge in [-0.3, -0.25) is 9.59 Å². The highest BCUT2D eigenvalue weighted by Crippen LogP contribution is 2.25. The van der Waals surface area contributed by atoms with Gasteiger partial charge < -0.3 is 19.4 Å². The standard InChI is InChI=1S/C27H26N2O4/c1-4-33-24-14-10-22(11-15-24)29(27(31)19-8-12-23(32-3)13-9-19)17-21-16-20-7-5-6-18(2)25(20)28-26(21)30/h5-16H,4,17H2,1-3H3,(H,28,30). The number of aromatic nitrogens is 1. The maximum absolute atomic E-state index is 13.5. The summed E-state index contributed by atoms with van der Waals surface area (Å²) in [6.45, 7) is 4.55. The number of carbonyl (C=O) groups is 1. The summed E-state index contributed by atoms with van der Waals surface area (Å²) in [6, 6.07) is 21.9. The third-order valence-corrected chi connectivity index (χ3v) is 5.53. The van der Waals surface area contributed by atoms with Gasteiger partial charge in [-0.2, -0.15) is 0 Å². The summed E-state index contributed by atoms with van der Waals surface area (Å²) in [5, 5.41) is 0.924. The summed E-state index contributed by atoms with van der Waals surface area (Å²) in [5.41, 5.74) is 3.26. The molecule has 168 valence electrons. The van der Waals surface area contributed by atoms with Gasteiger partial charge in [-0.25, -0.2) is 0 Å². The molecule has 1 N–H and O–H groups in total. The van der Waals surface area contributed by atoms with E-state index in [2.05, 4.69) is 4.98 Å². The van der Waals surface area contributed by atoms with E-state index in [9.17, 15) is 9.59 Å². The number of para-hydroxylation sites is 1. The molecule has 1 heterocycles. The molecule has 0 aliphatic carbocycles. The Morgan fingerprint density at radius 2 is 1.67 bits per heavy atom. The number of nitrogens with one attached hydrogen (secondary N) is 1. The van der Waals surface area contributed by atoms with Crippen LogP contribution in [0.5, 0.6) is 11.5 Å². The van der Waals surface area contributed by atoms with E-state index in [4.69, 9.17) is 9.47 Å². The van der Waals surface area contributed by atoms with E-state index in [1.54, 1.807) is 36.3 Å². The number of aromatic amines is 1. The fourth-order valence-corrected chi connectivity index (χ4v) is 3.78. The number of nitrogens with zero attached hydrogens (tertiary/aromatic N) is 1. The fraction of sp³-hybridized carbons (Fsp3) is 0.185. The maximum Gasteiger partial charge on any atom is 0.258 e. The summed E-state index contributed by atoms with van der Waals surface area (Å²) in [7, 11) is 1.58. The number of pyridine rings is 1. The number of methoxy groups -OCH3 is 1. The van der Waals surface area contributed by atoms with E-state index in [1.807, 2.05) is 62.4 Å². The lowest BCUT2D eigenvalue weighted by Crippen LogP contribution is -2.32. The first-order valence-electron chi connectivity index (χ1n) is 10.8. The van der Waals surface area contributed by atoms with Crippen LogP contribution in [0.25, 0.3) is 10.9 Å². The number of hydrogen-bond donors (Lipinski definition) is 1. The number of ether oxygens (including phenoxy) is 2. The SMILES string of the molecule is CCOc1ccc(N(Cc2cc3cccc(C)c3[nH]c2=O)C(=O)c2ccc(OC)cc2)cc1. The zero-order chi connectivity index (χ0) is 23.4. The second kappa shape index (κ2) is 9.61. The monoisotopic (exact) mass is 442 g/mol. The van der Waals surface area contributed by atoms with Gasteiger partial charge in [0.05, 0.1) is 25.8 Å². The van der Waals surface area contributed by atoms with Crippen molar-refractivity contribution in [2.24, 2.45) is 0 Å². The van der Waals surface area contributed by atoms with Gasteiger partial charge in [0.1, 0.15) is 11.5 Å². The van der Waals surface area contributed by atoms with Crippen molar-refractivity contribution in [2.75, 3.05) is 18.6 Å². The Balaban J connectivity index is 1.75. The second-order valence-electron chi connectivity index (χ2n) is 7.71. The molecular formula is C27H26N2O4. The molecule has 1 amide bonds. The molecule has 0 radical (unpaired) electrons. The van der Waals surface area contributed by atoms with Crippen LogP contribution in [0, 0.1) is 6.92 Å². The smallest absolute Gasteiger partial charge is 0.258 e. The summed E-state index contributed by atoms with van der Waals surface area (Å²) in [4.78, 5) is 31.0. The molecule has 0 aliphatic rings. The van der Waals surface area contributed by atoms with Gasteiger partial charge in [0, 0.05) is 16.8 Å². The number of H-pyrrole nitrogens is 1. The molecule has 0 spiro atoms. The predicted molar refractivity (Wildman–Crippen MR) is 130 cm³/mol. The molecule has 0 saturated carbocycles. The van der Waals surface area contributed by atoms with Gasteiger partial charge in [0.15, 0.2) is 0 Å². The van der Waals surface area contributed by atoms with Crippen molar-refractivity contribution in [3.8, 4) is 11.5 Å². The van der Waals surface area contributed by atoms with Crippen LogP contribution in [0.1, 0.15) is 28.4 Å². The summed E-state index contributed by atoms with van der Waals surface area (Å²) >= 11 is 0. The minimum Gasteiger partial charge on any atom is -0.497 e. The van der Waals surface area contributed by atoms with Crippen molar-refractivity contribution in [3.63, 3.8) is 0 Å². The van der Waals surface area contributed by atoms with Crippen LogP contribution in [0.2, 0.25) is 0 Å². The van der Waals surface area contributed by atoms with Crippen LogP contribution in [-0.4, -0.2) is 24.6 Å². The minimum atomic E-state index is -0.217. The molecule has 0 atom stereocenters. The van der Waals surface area contributed by atoms with E-state index in [-0.39, 0.29) is 18.0 Å². The number of hydrogen-bond acceptors (Lipinski definition) is 4. The van der Waals surface area contributed by atoms with Crippen LogP contribution in [0.3, 0.4) is 0 Å². The normalized spacial score (nSPS) is 10.8. The lowest BCUT2D eigenvalue weighted by atomic mass is 10.1. The fourth-order valence-electron chi connectivity index (χ4n) is 3.78. The van der Waals surface area contributed by atoms with E-state index in [0.717, 1.165) is 22.2 Å². The lowest BCUT2D eigenvalue weighted by Gasteiger charge is -2.23. The average Bonchev–Trinajstić information content (AvgIpc) is 2.84. The first-order chi connectivity index (χ1) is 16.0. The molecule has 4 aromatic rings. The van der Waals surface area contributed by atoms with E-state index < -0.39 is 0 Å². The second-order valence-corrected chi connectivity index (χ2v) is 7.71. The number of carbonyl (C=O) groups excluding carboxylic acids is 1. The largest absolute Gasteiger partial charge is 0.497 e. The van der Waals surface area contributed by atoms with Crippen LogP contribution in [0.4, 0.5) is 5.69 Å². The first-order valence-corrected chi connectivity index (χ1v) is 10.8. The summed E-state index contributed by atoms with van der Waals surface area (Å²) in [5.74, 6) is 1.17. The van der Waals surface area contributed by atoms with Crippen molar-refractivity contribution in [1.82, 2.24) is 4.98 Å². The highest BCUT2D eigenvalue weighted by atomic mass is 16.5. The summed E-state index contributed by atoms with van der Waals surface area (Å²) in [6.07, 6.45) is 0. The Morgan fingerprint density at radius 3 is 2.33 bits per heavy atom. The quantitative estimate of drug-likeness (QED) is 0.433. The Labute approximate surface area is 192 Å². The highest BCUT2D eigenvalue weighted by molar-refractivity contribution is 6.06. The lowest BCUT2D eigenvalue weighted by molar-refractivity contribution is 0.0985. The van der Waals surface area contributed by atoms with E-state index >= 15 is 0 Å². The first kappa shape index (κ1) is 22.1. The predicted octanol–water partition coefficient (Wildman–Crippen LogP) is 5.09. The van der Waals surface area contributed by atoms with Crippen molar-refractivity contribution in [2.45, 2.75) is 20.4 Å². The van der Waals surface area contributed by atoms with Crippen molar-refractivity contribution >= 4 is 22.5 Å². The molecule has 0 saturated heterocycles. The number of benzene rings is 3. The average molecular weight is 443 g/mol. The third kappa shape index (κ3) is 4.75. The number of fused-ring (bicyclic) bond motifs is 1. The summed E-state index contributed by atoms with van der Waals surface area (Å²) < 4.78 is 10.7. The molecule has 0 aliphatic heterocycles. The molecule has 0 fully saturated rings. The Hall–Kier alpha value is -4.06. The van der Waals surface area contributed by atoms with E-state index in [1.165, 1.54) is 0 Å². The Morgan fingerprint density at radius 1 is 0.970 bits per heavy atom. The molecule has 3 aromatic carbocycles. The Kier molecular flexibility index (Phi) is 6.45. The number of amides is 1. The maximum atomic E-state index is 13.5. The molecular weight excluding hydrogens is 416 g/mol. The van der Waals surface area contributed by atoms with Gasteiger partial charge in [0.2, 0.25) is 0 Å². The van der Waals surface area contributed by atoms with Gasteiger partial charge >= 0.3 is 0 Å². The van der Waals surface area contributed by atoms with Crippen LogP contribution >= 0.6 is 0 Å². The molecule has 4 rings (SSSR count). The highest BCUT2D eigenvalue weighted by Gasteiger charge is 2.20. The van der Waals surface area contributed by atoms with Crippen LogP contribution < -0.4 is 19.9 Å². The topological polar surface area (TPSA) is 71.6 Å². The zero-order valence-electron chi connectivity index (χ0n) is 18.9. The molecule has 0 bridgehead atoms. The zero-order valence-corrected chi connectivity index (χ0v) is 18.9. The van der Waals surface area contributed by atoms with Gasteiger partial charge in [-0.15, -0.1) is 0 Å². The number of rotatable bonds is 7. The molecule has 0 unspecified atom stereocenters. The molecule has 33 heavy (non-hydrogen) atoms. The van der Waals surface area contributed by atoms with Gasteiger partial charge in [-0.1, -0.05) is 18.2 Å². The molecule has 6 nitrogen and oxygen atoms in total. The van der Waals surface area contributed by atoms with Crippen molar-refractivity contribution < 1.29 is 14.3 Å². The van der Waals surface area contributed by atoms with E-state index in [0.29, 0.717) is 29.2 Å². The van der Waals surface area contributed by atoms with Crippen LogP contribution in [0.15, 0.2) is 77.6 Å². The molecule has 1 aromatic heterocycles. The third-order valence-electron chi connectivity index (χ3n) is 5.53. The number of aryl methyl sites for hydroxylation is 1. The van der Waals surface area contributed by atoms with Crippen LogP contribution in [-0.2, 0) is 6.54 Å².